The second-order valence-electron chi connectivity index (χ2n) is 7.70. The summed E-state index contributed by atoms with van der Waals surface area (Å²) in [6.07, 6.45) is 1.20. The summed E-state index contributed by atoms with van der Waals surface area (Å²) in [6.45, 7) is 10.7. The van der Waals surface area contributed by atoms with Gasteiger partial charge in [-0.05, 0) is 57.9 Å². The normalized spacial score (nSPS) is 11.3. The number of rotatable bonds is 8. The van der Waals surface area contributed by atoms with Crippen LogP contribution in [0.25, 0.3) is 0 Å². The first-order chi connectivity index (χ1) is 14.2. The third kappa shape index (κ3) is 6.52. The van der Waals surface area contributed by atoms with Crippen molar-refractivity contribution in [3.8, 4) is 0 Å². The van der Waals surface area contributed by atoms with E-state index in [1.165, 1.54) is 7.11 Å². The van der Waals surface area contributed by atoms with Gasteiger partial charge < -0.3 is 14.8 Å². The van der Waals surface area contributed by atoms with Crippen molar-refractivity contribution in [2.45, 2.75) is 69.4 Å². The fraction of sp³-hybridized carbons (Fsp3) is 0.500. The number of aromatic nitrogens is 2. The summed E-state index contributed by atoms with van der Waals surface area (Å²) in [7, 11) is 1.37. The first-order valence-corrected chi connectivity index (χ1v) is 10.9. The van der Waals surface area contributed by atoms with Gasteiger partial charge in [0, 0.05) is 11.4 Å². The average molecular weight is 434 g/mol. The molecule has 1 N–H and O–H groups in total. The highest BCUT2D eigenvalue weighted by Gasteiger charge is 2.18. The molecule has 0 saturated carbocycles. The molecule has 1 aromatic heterocycles. The Labute approximate surface area is 182 Å². The number of ether oxygens (including phenoxy) is 2. The van der Waals surface area contributed by atoms with E-state index in [-0.39, 0.29) is 5.97 Å². The van der Waals surface area contributed by atoms with Crippen LogP contribution < -0.4 is 5.32 Å². The monoisotopic (exact) mass is 433 g/mol. The maximum Gasteiger partial charge on any atom is 0.407 e. The number of hydrogen-bond acceptors (Lipinski definition) is 6. The Morgan fingerprint density at radius 3 is 2.33 bits per heavy atom. The molecule has 0 bridgehead atoms. The summed E-state index contributed by atoms with van der Waals surface area (Å²) in [5, 5.41) is 7.54. The highest BCUT2D eigenvalue weighted by Crippen LogP contribution is 2.34. The Kier molecular flexibility index (Phi) is 8.34. The third-order valence-electron chi connectivity index (χ3n) is 4.23. The van der Waals surface area contributed by atoms with E-state index in [9.17, 15) is 9.59 Å². The van der Waals surface area contributed by atoms with Gasteiger partial charge in [-0.2, -0.15) is 5.10 Å². The van der Waals surface area contributed by atoms with Crippen LogP contribution in [0.5, 0.6) is 0 Å². The van der Waals surface area contributed by atoms with Crippen molar-refractivity contribution in [3.63, 3.8) is 0 Å². The number of alkyl carbamates (subject to hydrolysis) is 1. The number of carbonyl (C=O) groups is 2. The van der Waals surface area contributed by atoms with Crippen molar-refractivity contribution in [3.05, 3.63) is 41.2 Å². The molecule has 0 fully saturated rings. The van der Waals surface area contributed by atoms with Crippen LogP contribution in [0, 0.1) is 0 Å². The molecule has 0 aliphatic carbocycles. The fourth-order valence-corrected chi connectivity index (χ4v) is 4.06. The van der Waals surface area contributed by atoms with Crippen molar-refractivity contribution in [2.75, 3.05) is 13.7 Å². The number of nitrogens with zero attached hydrogens (tertiary/aromatic N) is 2. The van der Waals surface area contributed by atoms with Crippen LogP contribution in [-0.2, 0) is 28.9 Å². The minimum absolute atomic E-state index is 0.347. The minimum atomic E-state index is -0.521. The lowest BCUT2D eigenvalue weighted by atomic mass is 10.2. The number of aryl methyl sites for hydroxylation is 1. The number of methoxy groups -OCH3 is 1. The summed E-state index contributed by atoms with van der Waals surface area (Å²) < 4.78 is 12.0. The summed E-state index contributed by atoms with van der Waals surface area (Å²) in [5.41, 5.74) is 2.15. The van der Waals surface area contributed by atoms with Gasteiger partial charge in [0.25, 0.3) is 0 Å². The molecule has 0 radical (unpaired) electrons. The number of carbonyl (C=O) groups excluding carboxylic acids is 2. The Hall–Kier alpha value is -2.48. The van der Waals surface area contributed by atoms with Gasteiger partial charge >= 0.3 is 12.1 Å². The Balaban J connectivity index is 2.12. The van der Waals surface area contributed by atoms with E-state index in [0.717, 1.165) is 34.0 Å². The summed E-state index contributed by atoms with van der Waals surface area (Å²) >= 11 is 1.64. The summed E-state index contributed by atoms with van der Waals surface area (Å²) in [6, 6.07) is 7.36. The minimum Gasteiger partial charge on any atom is -0.465 e. The standard InChI is InChI=1S/C22H31N3O4S/c1-7-17-19(30-16-11-9-15(10-12-16)20(26)28-6)18(8-2)25(24-17)14-13-23-21(27)29-22(3,4)5/h9-12H,7-8,13-14H2,1-6H3,(H,23,27). The SMILES string of the molecule is CCc1nn(CCNC(=O)OC(C)(C)C)c(CC)c1Sc1ccc(C(=O)OC)cc1. The van der Waals surface area contributed by atoms with Gasteiger partial charge in [0.05, 0.1) is 35.5 Å². The first kappa shape index (κ1) is 23.8. The predicted molar refractivity (Wildman–Crippen MR) is 117 cm³/mol. The van der Waals surface area contributed by atoms with Gasteiger partial charge in [-0.25, -0.2) is 9.59 Å². The van der Waals surface area contributed by atoms with Crippen molar-refractivity contribution < 1.29 is 19.1 Å². The quantitative estimate of drug-likeness (QED) is 0.619. The summed E-state index contributed by atoms with van der Waals surface area (Å²) in [5.74, 6) is -0.347. The molecule has 30 heavy (non-hydrogen) atoms. The molecule has 0 atom stereocenters. The number of hydrogen-bond donors (Lipinski definition) is 1. The average Bonchev–Trinajstić information content (AvgIpc) is 3.02. The molecule has 1 aromatic carbocycles. The molecule has 0 spiro atoms. The van der Waals surface area contributed by atoms with E-state index in [1.54, 1.807) is 23.9 Å². The van der Waals surface area contributed by atoms with Crippen LogP contribution in [0.4, 0.5) is 4.79 Å². The van der Waals surface area contributed by atoms with Crippen molar-refractivity contribution in [1.82, 2.24) is 15.1 Å². The Bertz CT molecular complexity index is 870. The maximum absolute atomic E-state index is 11.9. The second kappa shape index (κ2) is 10.5. The second-order valence-corrected chi connectivity index (χ2v) is 8.78. The molecule has 164 valence electrons. The molecule has 2 rings (SSSR count). The van der Waals surface area contributed by atoms with E-state index < -0.39 is 11.7 Å². The Morgan fingerprint density at radius 2 is 1.80 bits per heavy atom. The Morgan fingerprint density at radius 1 is 1.13 bits per heavy atom. The van der Waals surface area contributed by atoms with Crippen LogP contribution in [-0.4, -0.2) is 41.1 Å². The molecule has 0 saturated heterocycles. The molecule has 0 aliphatic rings. The summed E-state index contributed by atoms with van der Waals surface area (Å²) in [4.78, 5) is 25.7. The molecular weight excluding hydrogens is 402 g/mol. The van der Waals surface area contributed by atoms with Gasteiger partial charge in [0.2, 0.25) is 0 Å². The highest BCUT2D eigenvalue weighted by atomic mass is 32.2. The zero-order valence-corrected chi connectivity index (χ0v) is 19.4. The van der Waals surface area contributed by atoms with Crippen molar-refractivity contribution >= 4 is 23.8 Å². The molecule has 0 unspecified atom stereocenters. The van der Waals surface area contributed by atoms with Crippen LogP contribution in [0.15, 0.2) is 34.1 Å². The molecule has 2 aromatic rings. The van der Waals surface area contributed by atoms with E-state index >= 15 is 0 Å². The van der Waals surface area contributed by atoms with Crippen LogP contribution >= 0.6 is 11.8 Å². The zero-order valence-electron chi connectivity index (χ0n) is 18.6. The van der Waals surface area contributed by atoms with E-state index in [4.69, 9.17) is 14.6 Å². The molecule has 1 amide bonds. The van der Waals surface area contributed by atoms with E-state index in [0.29, 0.717) is 18.7 Å². The van der Waals surface area contributed by atoms with Crippen molar-refractivity contribution in [1.29, 1.82) is 0 Å². The van der Waals surface area contributed by atoms with Gasteiger partial charge in [-0.15, -0.1) is 0 Å². The first-order valence-electron chi connectivity index (χ1n) is 10.1. The van der Waals surface area contributed by atoms with Gasteiger partial charge in [0.15, 0.2) is 0 Å². The smallest absolute Gasteiger partial charge is 0.407 e. The number of benzene rings is 1. The highest BCUT2D eigenvalue weighted by molar-refractivity contribution is 7.99. The van der Waals surface area contributed by atoms with E-state index in [2.05, 4.69) is 19.2 Å². The predicted octanol–water partition coefficient (Wildman–Crippen LogP) is 4.47. The number of nitrogens with one attached hydrogen (secondary N) is 1. The lowest BCUT2D eigenvalue weighted by Gasteiger charge is -2.19. The van der Waals surface area contributed by atoms with Crippen LogP contribution in [0.3, 0.4) is 0 Å². The van der Waals surface area contributed by atoms with Gasteiger partial charge in [-0.3, -0.25) is 4.68 Å². The van der Waals surface area contributed by atoms with Gasteiger partial charge in [-0.1, -0.05) is 25.6 Å². The van der Waals surface area contributed by atoms with Crippen LogP contribution in [0.1, 0.15) is 56.4 Å². The zero-order chi connectivity index (χ0) is 22.3. The molecular formula is C22H31N3O4S. The third-order valence-corrected chi connectivity index (χ3v) is 5.42. The lowest BCUT2D eigenvalue weighted by Crippen LogP contribution is -2.34. The number of amides is 1. The topological polar surface area (TPSA) is 82.5 Å². The van der Waals surface area contributed by atoms with Gasteiger partial charge in [0.1, 0.15) is 5.60 Å². The van der Waals surface area contributed by atoms with Crippen LogP contribution in [0.2, 0.25) is 0 Å². The maximum atomic E-state index is 11.9. The molecule has 1 heterocycles. The molecule has 8 heteroatoms. The van der Waals surface area contributed by atoms with E-state index in [1.807, 2.05) is 37.6 Å². The number of esters is 1. The van der Waals surface area contributed by atoms with Crippen molar-refractivity contribution in [2.24, 2.45) is 0 Å². The fourth-order valence-electron chi connectivity index (χ4n) is 2.89. The molecule has 0 aliphatic heterocycles. The largest absolute Gasteiger partial charge is 0.465 e. The molecule has 7 nitrogen and oxygen atoms in total. The lowest BCUT2D eigenvalue weighted by molar-refractivity contribution is 0.0524.